The van der Waals surface area contributed by atoms with Gasteiger partial charge < -0.3 is 15.0 Å². The Hall–Kier alpha value is -2.04. The number of benzene rings is 1. The highest BCUT2D eigenvalue weighted by Gasteiger charge is 2.39. The molecular weight excluding hydrogens is 280 g/mol. The fourth-order valence-electron chi connectivity index (χ4n) is 3.03. The van der Waals surface area contributed by atoms with Crippen molar-refractivity contribution in [3.63, 3.8) is 0 Å². The summed E-state index contributed by atoms with van der Waals surface area (Å²) in [6.07, 6.45) is 3.14. The molecule has 2 amide bonds. The van der Waals surface area contributed by atoms with E-state index in [1.54, 1.807) is 7.11 Å². The molecule has 5 nitrogen and oxygen atoms in total. The lowest BCUT2D eigenvalue weighted by atomic mass is 10.1. The maximum absolute atomic E-state index is 12.1. The minimum absolute atomic E-state index is 0.0261. The number of carbonyl (C=O) groups is 2. The number of ether oxygens (including phenoxy) is 1. The molecule has 1 aliphatic carbocycles. The van der Waals surface area contributed by atoms with Crippen molar-refractivity contribution in [2.75, 3.05) is 20.2 Å². The second-order valence-corrected chi connectivity index (χ2v) is 6.14. The van der Waals surface area contributed by atoms with Crippen molar-refractivity contribution in [2.24, 2.45) is 5.92 Å². The molecule has 1 N–H and O–H groups in total. The molecule has 1 aromatic carbocycles. The molecule has 118 valence electrons. The molecule has 1 aliphatic heterocycles. The average molecular weight is 302 g/mol. The van der Waals surface area contributed by atoms with Gasteiger partial charge in [-0.15, -0.1) is 0 Å². The molecule has 1 unspecified atom stereocenters. The first-order chi connectivity index (χ1) is 10.7. The van der Waals surface area contributed by atoms with Crippen LogP contribution in [0.4, 0.5) is 0 Å². The van der Waals surface area contributed by atoms with Gasteiger partial charge >= 0.3 is 0 Å². The van der Waals surface area contributed by atoms with Gasteiger partial charge in [-0.05, 0) is 18.9 Å². The number of likely N-dealkylation sites (tertiary alicyclic amines) is 1. The molecule has 1 atom stereocenters. The number of rotatable bonds is 6. The highest BCUT2D eigenvalue weighted by Crippen LogP contribution is 2.32. The lowest BCUT2D eigenvalue weighted by Gasteiger charge is -2.16. The number of methoxy groups -OCH3 is 1. The fraction of sp³-hybridized carbons (Fsp3) is 0.529. The molecule has 0 bridgehead atoms. The Bertz CT molecular complexity index is 569. The second kappa shape index (κ2) is 6.38. The van der Waals surface area contributed by atoms with E-state index in [2.05, 4.69) is 5.32 Å². The molecule has 3 rings (SSSR count). The van der Waals surface area contributed by atoms with E-state index >= 15 is 0 Å². The number of nitrogens with one attached hydrogen (secondary N) is 1. The molecule has 1 aromatic rings. The van der Waals surface area contributed by atoms with Gasteiger partial charge in [0.05, 0.1) is 13.5 Å². The van der Waals surface area contributed by atoms with E-state index in [0.717, 1.165) is 30.7 Å². The van der Waals surface area contributed by atoms with Gasteiger partial charge in [0.2, 0.25) is 11.8 Å². The lowest BCUT2D eigenvalue weighted by Crippen LogP contribution is -2.32. The van der Waals surface area contributed by atoms with Crippen LogP contribution in [0.25, 0.3) is 0 Å². The smallest absolute Gasteiger partial charge is 0.224 e. The zero-order chi connectivity index (χ0) is 15.5. The quantitative estimate of drug-likeness (QED) is 0.863. The summed E-state index contributed by atoms with van der Waals surface area (Å²) in [5, 5.41) is 2.95. The van der Waals surface area contributed by atoms with Crippen molar-refractivity contribution < 1.29 is 14.3 Å². The molecule has 0 spiro atoms. The Labute approximate surface area is 130 Å². The third-order valence-electron chi connectivity index (χ3n) is 4.36. The molecule has 5 heteroatoms. The van der Waals surface area contributed by atoms with Crippen molar-refractivity contribution >= 4 is 11.8 Å². The summed E-state index contributed by atoms with van der Waals surface area (Å²) in [6, 6.07) is 8.00. The van der Waals surface area contributed by atoms with Gasteiger partial charge in [-0.1, -0.05) is 18.2 Å². The SMILES string of the molecule is COc1ccccc1CC(=O)NCC1CC(=O)N(C2CC2)C1. The van der Waals surface area contributed by atoms with Gasteiger partial charge in [0.15, 0.2) is 0 Å². The Morgan fingerprint density at radius 1 is 1.36 bits per heavy atom. The minimum Gasteiger partial charge on any atom is -0.496 e. The topological polar surface area (TPSA) is 58.6 Å². The van der Waals surface area contributed by atoms with Crippen molar-refractivity contribution in [2.45, 2.75) is 31.7 Å². The standard InChI is InChI=1S/C17H22N2O3/c1-22-15-5-3-2-4-13(15)9-16(20)18-10-12-8-17(21)19(11-12)14-6-7-14/h2-5,12,14H,6-11H2,1H3,(H,18,20). The van der Waals surface area contributed by atoms with Gasteiger partial charge in [-0.2, -0.15) is 0 Å². The van der Waals surface area contributed by atoms with Crippen molar-refractivity contribution in [3.05, 3.63) is 29.8 Å². The van der Waals surface area contributed by atoms with Crippen LogP contribution in [0, 0.1) is 5.92 Å². The zero-order valence-corrected chi connectivity index (χ0v) is 12.9. The van der Waals surface area contributed by atoms with Gasteiger partial charge in [0.25, 0.3) is 0 Å². The largest absolute Gasteiger partial charge is 0.496 e. The van der Waals surface area contributed by atoms with Gasteiger partial charge in [0, 0.05) is 37.0 Å². The summed E-state index contributed by atoms with van der Waals surface area (Å²) < 4.78 is 5.25. The normalized spacial score (nSPS) is 21.0. The third kappa shape index (κ3) is 3.40. The van der Waals surface area contributed by atoms with Crippen molar-refractivity contribution in [1.29, 1.82) is 0 Å². The maximum Gasteiger partial charge on any atom is 0.224 e. The first-order valence-corrected chi connectivity index (χ1v) is 7.85. The summed E-state index contributed by atoms with van der Waals surface area (Å²) in [6.45, 7) is 1.36. The summed E-state index contributed by atoms with van der Waals surface area (Å²) >= 11 is 0. The van der Waals surface area contributed by atoms with Crippen LogP contribution in [-0.4, -0.2) is 43.0 Å². The van der Waals surface area contributed by atoms with E-state index in [1.165, 1.54) is 0 Å². The van der Waals surface area contributed by atoms with Crippen LogP contribution in [-0.2, 0) is 16.0 Å². The van der Waals surface area contributed by atoms with E-state index in [1.807, 2.05) is 29.2 Å². The number of hydrogen-bond donors (Lipinski definition) is 1. The summed E-state index contributed by atoms with van der Waals surface area (Å²) in [7, 11) is 1.60. The van der Waals surface area contributed by atoms with E-state index in [-0.39, 0.29) is 17.7 Å². The van der Waals surface area contributed by atoms with Crippen molar-refractivity contribution in [1.82, 2.24) is 10.2 Å². The molecule has 1 saturated heterocycles. The number of amides is 2. The molecule has 2 fully saturated rings. The Morgan fingerprint density at radius 2 is 2.14 bits per heavy atom. The lowest BCUT2D eigenvalue weighted by molar-refractivity contribution is -0.128. The Balaban J connectivity index is 1.47. The molecule has 2 aliphatic rings. The van der Waals surface area contributed by atoms with E-state index in [4.69, 9.17) is 4.74 Å². The predicted octanol–water partition coefficient (Wildman–Crippen LogP) is 1.36. The van der Waals surface area contributed by atoms with E-state index < -0.39 is 0 Å². The molecule has 1 saturated carbocycles. The van der Waals surface area contributed by atoms with Crippen LogP contribution in [0.2, 0.25) is 0 Å². The monoisotopic (exact) mass is 302 g/mol. The number of para-hydroxylation sites is 1. The van der Waals surface area contributed by atoms with Crippen LogP contribution in [0.15, 0.2) is 24.3 Å². The third-order valence-corrected chi connectivity index (χ3v) is 4.36. The van der Waals surface area contributed by atoms with Crippen molar-refractivity contribution in [3.8, 4) is 5.75 Å². The van der Waals surface area contributed by atoms with Crippen LogP contribution < -0.4 is 10.1 Å². The van der Waals surface area contributed by atoms with Crippen LogP contribution in [0.1, 0.15) is 24.8 Å². The van der Waals surface area contributed by atoms with E-state index in [9.17, 15) is 9.59 Å². The molecular formula is C17H22N2O3. The average Bonchev–Trinajstić information content (AvgIpc) is 3.29. The van der Waals surface area contributed by atoms with Gasteiger partial charge in [0.1, 0.15) is 5.75 Å². The second-order valence-electron chi connectivity index (χ2n) is 6.14. The first-order valence-electron chi connectivity index (χ1n) is 7.85. The van der Waals surface area contributed by atoms with Gasteiger partial charge in [-0.3, -0.25) is 9.59 Å². The Kier molecular flexibility index (Phi) is 4.32. The highest BCUT2D eigenvalue weighted by molar-refractivity contribution is 5.81. The number of carbonyl (C=O) groups excluding carboxylic acids is 2. The number of nitrogens with zero attached hydrogens (tertiary/aromatic N) is 1. The predicted molar refractivity (Wildman–Crippen MR) is 82.5 cm³/mol. The first kappa shape index (κ1) is 14.9. The Morgan fingerprint density at radius 3 is 2.86 bits per heavy atom. The summed E-state index contributed by atoms with van der Waals surface area (Å²) in [5.41, 5.74) is 0.879. The zero-order valence-electron chi connectivity index (χ0n) is 12.9. The number of hydrogen-bond acceptors (Lipinski definition) is 3. The van der Waals surface area contributed by atoms with Gasteiger partial charge in [-0.25, -0.2) is 0 Å². The molecule has 1 heterocycles. The summed E-state index contributed by atoms with van der Waals surface area (Å²) in [5.74, 6) is 1.19. The van der Waals surface area contributed by atoms with Crippen LogP contribution in [0.5, 0.6) is 5.75 Å². The molecule has 0 radical (unpaired) electrons. The molecule has 22 heavy (non-hydrogen) atoms. The van der Waals surface area contributed by atoms with Crippen LogP contribution in [0.3, 0.4) is 0 Å². The highest BCUT2D eigenvalue weighted by atomic mass is 16.5. The maximum atomic E-state index is 12.1. The molecule has 0 aromatic heterocycles. The summed E-state index contributed by atoms with van der Waals surface area (Å²) in [4.78, 5) is 25.9. The minimum atomic E-state index is -0.0261. The van der Waals surface area contributed by atoms with E-state index in [0.29, 0.717) is 25.4 Å². The van der Waals surface area contributed by atoms with Crippen LogP contribution >= 0.6 is 0 Å². The fourth-order valence-corrected chi connectivity index (χ4v) is 3.03.